The number of nitrogens with one attached hydrogen (secondary N) is 2. The summed E-state index contributed by atoms with van der Waals surface area (Å²) in [6, 6.07) is 5.27. The third kappa shape index (κ3) is 2.88. The molecule has 0 unspecified atom stereocenters. The number of nitrogen functional groups attached to an aromatic ring is 1. The Morgan fingerprint density at radius 3 is 3.00 bits per heavy atom. The van der Waals surface area contributed by atoms with Gasteiger partial charge in [0.05, 0.1) is 6.33 Å². The molecule has 0 radical (unpaired) electrons. The van der Waals surface area contributed by atoms with Gasteiger partial charge in [0.2, 0.25) is 0 Å². The van der Waals surface area contributed by atoms with E-state index in [1.54, 1.807) is 30.7 Å². The van der Waals surface area contributed by atoms with Crippen molar-refractivity contribution in [2.45, 2.75) is 13.3 Å². The minimum absolute atomic E-state index is 0.0855. The van der Waals surface area contributed by atoms with Crippen LogP contribution in [0.25, 0.3) is 0 Å². The van der Waals surface area contributed by atoms with Crippen LogP contribution < -0.4 is 11.1 Å². The van der Waals surface area contributed by atoms with E-state index in [4.69, 9.17) is 5.73 Å². The predicted molar refractivity (Wildman–Crippen MR) is 70.2 cm³/mol. The molecule has 0 aliphatic heterocycles. The normalized spacial score (nSPS) is 10.3. The molecular weight excluding hydrogens is 228 g/mol. The highest BCUT2D eigenvalue weighted by Gasteiger charge is 2.06. The number of hydrogen-bond acceptors (Lipinski definition) is 3. The van der Waals surface area contributed by atoms with Gasteiger partial charge >= 0.3 is 0 Å². The van der Waals surface area contributed by atoms with Gasteiger partial charge in [-0.2, -0.15) is 0 Å². The highest BCUT2D eigenvalue weighted by atomic mass is 16.1. The number of benzene rings is 1. The van der Waals surface area contributed by atoms with Crippen molar-refractivity contribution in [3.63, 3.8) is 0 Å². The number of nitrogens with two attached hydrogens (primary N) is 1. The number of imidazole rings is 1. The first-order valence-electron chi connectivity index (χ1n) is 5.78. The summed E-state index contributed by atoms with van der Waals surface area (Å²) >= 11 is 0. The molecule has 1 amide bonds. The van der Waals surface area contributed by atoms with Crippen molar-refractivity contribution in [2.75, 3.05) is 12.3 Å². The molecule has 0 fully saturated rings. The molecule has 0 saturated heterocycles. The average Bonchev–Trinajstić information content (AvgIpc) is 2.85. The van der Waals surface area contributed by atoms with Crippen molar-refractivity contribution in [1.29, 1.82) is 0 Å². The van der Waals surface area contributed by atoms with E-state index in [0.717, 1.165) is 17.7 Å². The molecule has 5 nitrogen and oxygen atoms in total. The number of hydrogen-bond donors (Lipinski definition) is 3. The zero-order valence-corrected chi connectivity index (χ0v) is 10.2. The molecule has 1 heterocycles. The van der Waals surface area contributed by atoms with Crippen LogP contribution in [-0.2, 0) is 6.42 Å². The van der Waals surface area contributed by atoms with Crippen LogP contribution in [0.1, 0.15) is 21.6 Å². The number of aromatic amines is 1. The second-order valence-electron chi connectivity index (χ2n) is 4.15. The second-order valence-corrected chi connectivity index (χ2v) is 4.15. The molecule has 4 N–H and O–H groups in total. The summed E-state index contributed by atoms with van der Waals surface area (Å²) in [4.78, 5) is 18.8. The fourth-order valence-corrected chi connectivity index (χ4v) is 1.65. The zero-order chi connectivity index (χ0) is 13.0. The summed E-state index contributed by atoms with van der Waals surface area (Å²) in [6.07, 6.45) is 4.11. The smallest absolute Gasteiger partial charge is 0.251 e. The van der Waals surface area contributed by atoms with Crippen LogP contribution in [0.3, 0.4) is 0 Å². The Kier molecular flexibility index (Phi) is 3.62. The maximum atomic E-state index is 11.9. The summed E-state index contributed by atoms with van der Waals surface area (Å²) < 4.78 is 0. The number of H-pyrrole nitrogens is 1. The monoisotopic (exact) mass is 244 g/mol. The molecule has 0 aliphatic carbocycles. The number of carbonyl (C=O) groups excluding carboxylic acids is 1. The maximum Gasteiger partial charge on any atom is 0.251 e. The van der Waals surface area contributed by atoms with E-state index in [2.05, 4.69) is 15.3 Å². The van der Waals surface area contributed by atoms with Gasteiger partial charge in [0.1, 0.15) is 0 Å². The minimum Gasteiger partial charge on any atom is -0.399 e. The molecule has 5 heteroatoms. The second kappa shape index (κ2) is 5.35. The van der Waals surface area contributed by atoms with Crippen LogP contribution in [0.15, 0.2) is 30.7 Å². The molecule has 2 aromatic rings. The third-order valence-corrected chi connectivity index (χ3v) is 2.77. The number of rotatable bonds is 4. The lowest BCUT2D eigenvalue weighted by molar-refractivity contribution is 0.0954. The van der Waals surface area contributed by atoms with Gasteiger partial charge in [0.15, 0.2) is 0 Å². The number of carbonyl (C=O) groups is 1. The van der Waals surface area contributed by atoms with Crippen molar-refractivity contribution in [1.82, 2.24) is 15.3 Å². The summed E-state index contributed by atoms with van der Waals surface area (Å²) in [5, 5.41) is 2.86. The number of aromatic nitrogens is 2. The highest BCUT2D eigenvalue weighted by molar-refractivity contribution is 5.94. The molecule has 0 bridgehead atoms. The van der Waals surface area contributed by atoms with E-state index < -0.39 is 0 Å². The fourth-order valence-electron chi connectivity index (χ4n) is 1.65. The lowest BCUT2D eigenvalue weighted by atomic mass is 10.1. The van der Waals surface area contributed by atoms with Gasteiger partial charge in [-0.1, -0.05) is 0 Å². The molecule has 0 spiro atoms. The summed E-state index contributed by atoms with van der Waals surface area (Å²) in [7, 11) is 0. The molecule has 1 aromatic heterocycles. The van der Waals surface area contributed by atoms with Crippen LogP contribution in [0.5, 0.6) is 0 Å². The Morgan fingerprint density at radius 1 is 1.50 bits per heavy atom. The summed E-state index contributed by atoms with van der Waals surface area (Å²) in [5.41, 5.74) is 8.96. The van der Waals surface area contributed by atoms with Gasteiger partial charge < -0.3 is 16.0 Å². The van der Waals surface area contributed by atoms with Crippen molar-refractivity contribution in [3.8, 4) is 0 Å². The van der Waals surface area contributed by atoms with Gasteiger partial charge in [-0.05, 0) is 30.7 Å². The van der Waals surface area contributed by atoms with Gasteiger partial charge in [0.25, 0.3) is 5.91 Å². The summed E-state index contributed by atoms with van der Waals surface area (Å²) in [6.45, 7) is 2.46. The van der Waals surface area contributed by atoms with Gasteiger partial charge in [-0.15, -0.1) is 0 Å². The molecule has 0 atom stereocenters. The molecule has 94 valence electrons. The topological polar surface area (TPSA) is 83.8 Å². The van der Waals surface area contributed by atoms with Crippen LogP contribution in [0.4, 0.5) is 5.69 Å². The van der Waals surface area contributed by atoms with Crippen molar-refractivity contribution < 1.29 is 4.79 Å². The van der Waals surface area contributed by atoms with Gasteiger partial charge in [0, 0.05) is 36.1 Å². The quantitative estimate of drug-likeness (QED) is 0.708. The molecule has 2 rings (SSSR count). The Balaban J connectivity index is 1.89. The van der Waals surface area contributed by atoms with E-state index in [9.17, 15) is 4.79 Å². The van der Waals surface area contributed by atoms with E-state index in [-0.39, 0.29) is 5.91 Å². The molecule has 0 aliphatic rings. The largest absolute Gasteiger partial charge is 0.399 e. The number of nitrogens with zero attached hydrogens (tertiary/aromatic N) is 1. The number of aryl methyl sites for hydroxylation is 1. The first-order chi connectivity index (χ1) is 8.66. The Bertz CT molecular complexity index is 534. The Labute approximate surface area is 105 Å². The predicted octanol–water partition coefficient (Wildman–Crippen LogP) is 1.27. The Morgan fingerprint density at radius 2 is 2.33 bits per heavy atom. The maximum absolute atomic E-state index is 11.9. The standard InChI is InChI=1S/C13H16N4O/c1-9-6-10(2-3-12(9)14)13(18)16-5-4-11-7-15-8-17-11/h2-3,6-8H,4-5,14H2,1H3,(H,15,17)(H,16,18). The lowest BCUT2D eigenvalue weighted by Gasteiger charge is -2.06. The first-order valence-corrected chi connectivity index (χ1v) is 5.78. The van der Waals surface area contributed by atoms with E-state index in [0.29, 0.717) is 17.8 Å². The minimum atomic E-state index is -0.0855. The SMILES string of the molecule is Cc1cc(C(=O)NCCc2cnc[nH]2)ccc1N. The first kappa shape index (κ1) is 12.2. The van der Waals surface area contributed by atoms with Crippen LogP contribution in [-0.4, -0.2) is 22.4 Å². The van der Waals surface area contributed by atoms with Crippen molar-refractivity contribution in [2.24, 2.45) is 0 Å². The van der Waals surface area contributed by atoms with Crippen LogP contribution in [0, 0.1) is 6.92 Å². The lowest BCUT2D eigenvalue weighted by Crippen LogP contribution is -2.25. The van der Waals surface area contributed by atoms with Gasteiger partial charge in [-0.25, -0.2) is 4.98 Å². The molecule has 1 aromatic carbocycles. The molecular formula is C13H16N4O. The van der Waals surface area contributed by atoms with Crippen molar-refractivity contribution >= 4 is 11.6 Å². The third-order valence-electron chi connectivity index (χ3n) is 2.77. The average molecular weight is 244 g/mol. The van der Waals surface area contributed by atoms with Crippen LogP contribution in [0.2, 0.25) is 0 Å². The molecule has 18 heavy (non-hydrogen) atoms. The van der Waals surface area contributed by atoms with Gasteiger partial charge in [-0.3, -0.25) is 4.79 Å². The number of anilines is 1. The van der Waals surface area contributed by atoms with E-state index >= 15 is 0 Å². The van der Waals surface area contributed by atoms with E-state index in [1.807, 2.05) is 6.92 Å². The summed E-state index contributed by atoms with van der Waals surface area (Å²) in [5.74, 6) is -0.0855. The Hall–Kier alpha value is -2.30. The van der Waals surface area contributed by atoms with E-state index in [1.165, 1.54) is 0 Å². The zero-order valence-electron chi connectivity index (χ0n) is 10.2. The highest BCUT2D eigenvalue weighted by Crippen LogP contribution is 2.12. The van der Waals surface area contributed by atoms with Crippen LogP contribution >= 0.6 is 0 Å². The molecule has 0 saturated carbocycles. The fraction of sp³-hybridized carbons (Fsp3) is 0.231. The van der Waals surface area contributed by atoms with Crippen molar-refractivity contribution in [3.05, 3.63) is 47.5 Å². The number of amides is 1.